The van der Waals surface area contributed by atoms with Gasteiger partial charge in [0.1, 0.15) is 0 Å². The molecule has 0 bridgehead atoms. The van der Waals surface area contributed by atoms with E-state index >= 15 is 0 Å². The van der Waals surface area contributed by atoms with E-state index in [-0.39, 0.29) is 0 Å². The van der Waals surface area contributed by atoms with Gasteiger partial charge in [0.2, 0.25) is 5.75 Å². The zero-order valence-corrected chi connectivity index (χ0v) is 11.2. The van der Waals surface area contributed by atoms with Gasteiger partial charge in [-0.3, -0.25) is 0 Å². The molecule has 0 saturated carbocycles. The summed E-state index contributed by atoms with van der Waals surface area (Å²) in [7, 11) is 4.82. The molecule has 0 atom stereocenters. The van der Waals surface area contributed by atoms with Gasteiger partial charge < -0.3 is 14.2 Å². The molecule has 1 rings (SSSR count). The Bertz CT molecular complexity index is 424. The van der Waals surface area contributed by atoms with E-state index in [2.05, 4.69) is 6.07 Å². The predicted octanol–water partition coefficient (Wildman–Crippen LogP) is 2.95. The number of hydrogen-bond donors (Lipinski definition) is 0. The first-order chi connectivity index (χ1) is 8.78. The summed E-state index contributed by atoms with van der Waals surface area (Å²) in [5, 5.41) is 8.50. The summed E-state index contributed by atoms with van der Waals surface area (Å²) < 4.78 is 15.9. The third-order valence-electron chi connectivity index (χ3n) is 2.77. The Morgan fingerprint density at radius 2 is 1.72 bits per heavy atom. The minimum atomic E-state index is 0.593. The lowest BCUT2D eigenvalue weighted by Crippen LogP contribution is -1.99. The highest BCUT2D eigenvalue weighted by Gasteiger charge is 2.15. The third kappa shape index (κ3) is 3.30. The summed E-state index contributed by atoms with van der Waals surface area (Å²) in [5.41, 5.74) is 1.08. The monoisotopic (exact) mass is 249 g/mol. The Morgan fingerprint density at radius 1 is 1.00 bits per heavy atom. The molecule has 0 N–H and O–H groups in total. The molecule has 1 aromatic rings. The quantitative estimate of drug-likeness (QED) is 0.697. The maximum absolute atomic E-state index is 8.50. The van der Waals surface area contributed by atoms with Crippen LogP contribution in [0.1, 0.15) is 24.8 Å². The largest absolute Gasteiger partial charge is 0.493 e. The van der Waals surface area contributed by atoms with Gasteiger partial charge in [0.25, 0.3) is 0 Å². The fourth-order valence-corrected chi connectivity index (χ4v) is 1.88. The smallest absolute Gasteiger partial charge is 0.203 e. The normalized spacial score (nSPS) is 9.67. The van der Waals surface area contributed by atoms with Crippen molar-refractivity contribution in [3.63, 3.8) is 0 Å². The van der Waals surface area contributed by atoms with Crippen LogP contribution in [0.25, 0.3) is 0 Å². The van der Waals surface area contributed by atoms with Gasteiger partial charge in [-0.05, 0) is 30.9 Å². The molecule has 0 spiro atoms. The van der Waals surface area contributed by atoms with E-state index in [9.17, 15) is 0 Å². The Morgan fingerprint density at radius 3 is 2.28 bits per heavy atom. The molecule has 0 heterocycles. The summed E-state index contributed by atoms with van der Waals surface area (Å²) in [4.78, 5) is 0. The summed E-state index contributed by atoms with van der Waals surface area (Å²) in [6, 6.07) is 6.00. The van der Waals surface area contributed by atoms with Gasteiger partial charge in [0, 0.05) is 6.42 Å². The van der Waals surface area contributed by atoms with E-state index in [4.69, 9.17) is 19.5 Å². The molecule has 4 heteroatoms. The fraction of sp³-hybridized carbons (Fsp3) is 0.500. The Kier molecular flexibility index (Phi) is 5.86. The number of nitrogens with zero attached hydrogens (tertiary/aromatic N) is 1. The van der Waals surface area contributed by atoms with Crippen LogP contribution in [0, 0.1) is 11.3 Å². The highest BCUT2D eigenvalue weighted by Crippen LogP contribution is 2.40. The molecule has 0 radical (unpaired) electrons. The summed E-state index contributed by atoms with van der Waals surface area (Å²) in [6.07, 6.45) is 3.31. The van der Waals surface area contributed by atoms with E-state index in [1.165, 1.54) is 0 Å². The molecule has 0 saturated heterocycles. The first kappa shape index (κ1) is 14.2. The fourth-order valence-electron chi connectivity index (χ4n) is 1.88. The first-order valence-corrected chi connectivity index (χ1v) is 5.93. The van der Waals surface area contributed by atoms with E-state index in [1.807, 2.05) is 12.1 Å². The number of rotatable bonds is 7. The topological polar surface area (TPSA) is 51.5 Å². The molecule has 98 valence electrons. The van der Waals surface area contributed by atoms with Crippen LogP contribution < -0.4 is 14.2 Å². The average molecular weight is 249 g/mol. The van der Waals surface area contributed by atoms with Gasteiger partial charge in [-0.15, -0.1) is 0 Å². The van der Waals surface area contributed by atoms with Crippen LogP contribution >= 0.6 is 0 Å². The van der Waals surface area contributed by atoms with E-state index in [1.54, 1.807) is 21.3 Å². The molecule has 0 aliphatic carbocycles. The van der Waals surface area contributed by atoms with Crippen molar-refractivity contribution in [3.8, 4) is 23.3 Å². The average Bonchev–Trinajstić information content (AvgIpc) is 2.42. The Hall–Kier alpha value is -1.89. The third-order valence-corrected chi connectivity index (χ3v) is 2.77. The second-order valence-electron chi connectivity index (χ2n) is 3.86. The van der Waals surface area contributed by atoms with Crippen molar-refractivity contribution in [2.75, 3.05) is 21.3 Å². The van der Waals surface area contributed by atoms with Crippen LogP contribution in [-0.2, 0) is 6.42 Å². The van der Waals surface area contributed by atoms with E-state index < -0.39 is 0 Å². The van der Waals surface area contributed by atoms with Gasteiger partial charge in [-0.25, -0.2) is 0 Å². The molecule has 4 nitrogen and oxygen atoms in total. The van der Waals surface area contributed by atoms with Crippen molar-refractivity contribution in [1.29, 1.82) is 5.26 Å². The number of benzene rings is 1. The van der Waals surface area contributed by atoms with E-state index in [0.717, 1.165) is 24.8 Å². The van der Waals surface area contributed by atoms with Gasteiger partial charge in [0.15, 0.2) is 11.5 Å². The number of hydrogen-bond acceptors (Lipinski definition) is 4. The number of unbranched alkanes of at least 4 members (excludes halogenated alkanes) is 2. The van der Waals surface area contributed by atoms with E-state index in [0.29, 0.717) is 23.7 Å². The maximum Gasteiger partial charge on any atom is 0.203 e. The molecular weight excluding hydrogens is 230 g/mol. The summed E-state index contributed by atoms with van der Waals surface area (Å²) >= 11 is 0. The molecule has 1 aromatic carbocycles. The lowest BCUT2D eigenvalue weighted by atomic mass is 10.1. The van der Waals surface area contributed by atoms with Crippen molar-refractivity contribution < 1.29 is 14.2 Å². The van der Waals surface area contributed by atoms with Crippen LogP contribution in [0.3, 0.4) is 0 Å². The minimum absolute atomic E-state index is 0.593. The Labute approximate surface area is 108 Å². The molecule has 0 fully saturated rings. The van der Waals surface area contributed by atoms with Gasteiger partial charge in [-0.1, -0.05) is 6.07 Å². The molecule has 0 amide bonds. The first-order valence-electron chi connectivity index (χ1n) is 5.93. The van der Waals surface area contributed by atoms with Crippen LogP contribution in [0.4, 0.5) is 0 Å². The molecule has 0 aliphatic heterocycles. The zero-order valence-electron chi connectivity index (χ0n) is 11.2. The molecule has 0 aliphatic rings. The lowest BCUT2D eigenvalue weighted by molar-refractivity contribution is 0.322. The highest BCUT2D eigenvalue weighted by molar-refractivity contribution is 5.55. The Balaban J connectivity index is 2.88. The molecule has 18 heavy (non-hydrogen) atoms. The minimum Gasteiger partial charge on any atom is -0.493 e. The number of methoxy groups -OCH3 is 3. The van der Waals surface area contributed by atoms with Crippen molar-refractivity contribution in [2.45, 2.75) is 25.7 Å². The van der Waals surface area contributed by atoms with Crippen LogP contribution in [0.15, 0.2) is 12.1 Å². The standard InChI is InChI=1S/C14H19NO3/c1-16-12-9-8-11(7-5-4-6-10-15)13(17-2)14(12)18-3/h8-9H,4-7H2,1-3H3. The van der Waals surface area contributed by atoms with Crippen molar-refractivity contribution in [3.05, 3.63) is 17.7 Å². The van der Waals surface area contributed by atoms with Gasteiger partial charge in [-0.2, -0.15) is 5.26 Å². The second-order valence-corrected chi connectivity index (χ2v) is 3.86. The van der Waals surface area contributed by atoms with Gasteiger partial charge >= 0.3 is 0 Å². The number of ether oxygens (including phenoxy) is 3. The lowest BCUT2D eigenvalue weighted by Gasteiger charge is -2.15. The number of nitriles is 1. The maximum atomic E-state index is 8.50. The predicted molar refractivity (Wildman–Crippen MR) is 69.3 cm³/mol. The number of aryl methyl sites for hydroxylation is 1. The summed E-state index contributed by atoms with van der Waals surface area (Å²) in [6.45, 7) is 0. The van der Waals surface area contributed by atoms with Crippen molar-refractivity contribution >= 4 is 0 Å². The van der Waals surface area contributed by atoms with Crippen molar-refractivity contribution in [2.24, 2.45) is 0 Å². The SMILES string of the molecule is COc1ccc(CCCCC#N)c(OC)c1OC. The second kappa shape index (κ2) is 7.44. The highest BCUT2D eigenvalue weighted by atomic mass is 16.5. The van der Waals surface area contributed by atoms with Crippen LogP contribution in [0.5, 0.6) is 17.2 Å². The molecular formula is C14H19NO3. The molecule has 0 aromatic heterocycles. The van der Waals surface area contributed by atoms with Crippen LogP contribution in [0.2, 0.25) is 0 Å². The van der Waals surface area contributed by atoms with Gasteiger partial charge in [0.05, 0.1) is 27.4 Å². The molecule has 0 unspecified atom stereocenters. The zero-order chi connectivity index (χ0) is 13.4. The summed E-state index contributed by atoms with van der Waals surface area (Å²) in [5.74, 6) is 2.00. The van der Waals surface area contributed by atoms with Crippen LogP contribution in [-0.4, -0.2) is 21.3 Å². The van der Waals surface area contributed by atoms with Crippen molar-refractivity contribution in [1.82, 2.24) is 0 Å².